The van der Waals surface area contributed by atoms with Crippen LogP contribution in [-0.4, -0.2) is 42.5 Å². The highest BCUT2D eigenvalue weighted by atomic mass is 19.1. The smallest absolute Gasteiger partial charge is 0.127 e. The van der Waals surface area contributed by atoms with Crippen molar-refractivity contribution in [3.05, 3.63) is 65.5 Å². The number of hydrogen-bond acceptors (Lipinski definition) is 4. The van der Waals surface area contributed by atoms with Gasteiger partial charge in [0.25, 0.3) is 0 Å². The molecule has 1 unspecified atom stereocenters. The van der Waals surface area contributed by atoms with E-state index >= 15 is 0 Å². The predicted octanol–water partition coefficient (Wildman–Crippen LogP) is 3.62. The normalized spacial score (nSPS) is 12.6. The maximum atomic E-state index is 14.0. The molecular weight excluding hydrogens is 333 g/mol. The Balaban J connectivity index is 2.07. The molecule has 0 bridgehead atoms. The van der Waals surface area contributed by atoms with Crippen molar-refractivity contribution in [1.29, 1.82) is 0 Å². The van der Waals surface area contributed by atoms with Gasteiger partial charge < -0.3 is 14.6 Å². The van der Waals surface area contributed by atoms with E-state index in [0.717, 1.165) is 11.3 Å². The highest BCUT2D eigenvalue weighted by molar-refractivity contribution is 5.27. The molecule has 26 heavy (non-hydrogen) atoms. The molecule has 0 aliphatic rings. The van der Waals surface area contributed by atoms with Gasteiger partial charge in [0.1, 0.15) is 11.6 Å². The molecule has 0 aliphatic carbocycles. The number of rotatable bonds is 10. The van der Waals surface area contributed by atoms with E-state index in [4.69, 9.17) is 9.47 Å². The van der Waals surface area contributed by atoms with Gasteiger partial charge in [0.2, 0.25) is 0 Å². The molecular formula is C21H28FNO3. The van der Waals surface area contributed by atoms with Crippen LogP contribution in [0.4, 0.5) is 4.39 Å². The molecule has 5 heteroatoms. The second-order valence-corrected chi connectivity index (χ2v) is 6.65. The average Bonchev–Trinajstić information content (AvgIpc) is 2.62. The summed E-state index contributed by atoms with van der Waals surface area (Å²) in [5.41, 5.74) is 1.68. The van der Waals surface area contributed by atoms with Gasteiger partial charge in [-0.3, -0.25) is 4.90 Å². The zero-order chi connectivity index (χ0) is 18.9. The van der Waals surface area contributed by atoms with Crippen LogP contribution < -0.4 is 4.74 Å². The molecule has 0 saturated carbocycles. The average molecular weight is 361 g/mol. The van der Waals surface area contributed by atoms with E-state index in [-0.39, 0.29) is 18.5 Å². The molecule has 0 aliphatic heterocycles. The number of aliphatic hydroxyl groups excluding tert-OH is 1. The first kappa shape index (κ1) is 20.4. The van der Waals surface area contributed by atoms with E-state index in [1.165, 1.54) is 6.07 Å². The number of halogens is 1. The standard InChI is InChI=1S/C21H28FNO3/c1-16(2)26-15-19(24)14-23(13-18-6-4-5-7-21(18)22)12-17-8-10-20(25-3)11-9-17/h4-11,16,19,24H,12-15H2,1-3H3. The first-order valence-electron chi connectivity index (χ1n) is 8.86. The topological polar surface area (TPSA) is 41.9 Å². The Morgan fingerprint density at radius 3 is 2.35 bits per heavy atom. The van der Waals surface area contributed by atoms with Gasteiger partial charge in [-0.05, 0) is 37.6 Å². The minimum Gasteiger partial charge on any atom is -0.497 e. The summed E-state index contributed by atoms with van der Waals surface area (Å²) in [6.45, 7) is 5.53. The van der Waals surface area contributed by atoms with Crippen LogP contribution in [0.2, 0.25) is 0 Å². The number of methoxy groups -OCH3 is 1. The van der Waals surface area contributed by atoms with Crippen molar-refractivity contribution in [2.45, 2.75) is 39.1 Å². The second-order valence-electron chi connectivity index (χ2n) is 6.65. The summed E-state index contributed by atoms with van der Waals surface area (Å²) >= 11 is 0. The molecule has 0 radical (unpaired) electrons. The third-order valence-corrected chi connectivity index (χ3v) is 4.01. The molecule has 1 atom stereocenters. The van der Waals surface area contributed by atoms with E-state index in [1.54, 1.807) is 19.2 Å². The molecule has 142 valence electrons. The maximum Gasteiger partial charge on any atom is 0.127 e. The molecule has 2 rings (SSSR count). The number of ether oxygens (including phenoxy) is 2. The lowest BCUT2D eigenvalue weighted by Gasteiger charge is -2.26. The second kappa shape index (κ2) is 10.3. The lowest BCUT2D eigenvalue weighted by Crippen LogP contribution is -2.35. The molecule has 0 fully saturated rings. The Morgan fingerprint density at radius 1 is 1.04 bits per heavy atom. The summed E-state index contributed by atoms with van der Waals surface area (Å²) in [6.07, 6.45) is -0.575. The summed E-state index contributed by atoms with van der Waals surface area (Å²) in [6, 6.07) is 14.5. The van der Waals surface area contributed by atoms with Crippen molar-refractivity contribution in [2.75, 3.05) is 20.3 Å². The molecule has 2 aromatic carbocycles. The van der Waals surface area contributed by atoms with Crippen LogP contribution in [0.15, 0.2) is 48.5 Å². The summed E-state index contributed by atoms with van der Waals surface area (Å²) in [4.78, 5) is 2.02. The summed E-state index contributed by atoms with van der Waals surface area (Å²) < 4.78 is 24.7. The van der Waals surface area contributed by atoms with Crippen molar-refractivity contribution >= 4 is 0 Å². The van der Waals surface area contributed by atoms with Crippen molar-refractivity contribution in [1.82, 2.24) is 4.90 Å². The van der Waals surface area contributed by atoms with Crippen LogP contribution in [0.5, 0.6) is 5.75 Å². The Labute approximate surface area is 155 Å². The van der Waals surface area contributed by atoms with Crippen LogP contribution in [0, 0.1) is 5.82 Å². The van der Waals surface area contributed by atoms with Gasteiger partial charge in [-0.15, -0.1) is 0 Å². The van der Waals surface area contributed by atoms with Crippen molar-refractivity contribution < 1.29 is 19.0 Å². The SMILES string of the molecule is COc1ccc(CN(Cc2ccccc2F)CC(O)COC(C)C)cc1. The zero-order valence-corrected chi connectivity index (χ0v) is 15.7. The van der Waals surface area contributed by atoms with Crippen LogP contribution in [0.1, 0.15) is 25.0 Å². The summed E-state index contributed by atoms with van der Waals surface area (Å²) in [5.74, 6) is 0.555. The number of nitrogens with zero attached hydrogens (tertiary/aromatic N) is 1. The summed E-state index contributed by atoms with van der Waals surface area (Å²) in [5, 5.41) is 10.3. The first-order chi connectivity index (χ1) is 12.5. The molecule has 2 aromatic rings. The third kappa shape index (κ3) is 6.75. The molecule has 0 aromatic heterocycles. The fourth-order valence-electron chi connectivity index (χ4n) is 2.70. The number of aliphatic hydroxyl groups is 1. The minimum absolute atomic E-state index is 0.0613. The first-order valence-corrected chi connectivity index (χ1v) is 8.86. The van der Waals surface area contributed by atoms with Crippen molar-refractivity contribution in [3.8, 4) is 5.75 Å². The van der Waals surface area contributed by atoms with Crippen LogP contribution in [0.3, 0.4) is 0 Å². The maximum absolute atomic E-state index is 14.0. The Morgan fingerprint density at radius 2 is 1.73 bits per heavy atom. The number of hydrogen-bond donors (Lipinski definition) is 1. The van der Waals surface area contributed by atoms with Gasteiger partial charge in [0.05, 0.1) is 25.9 Å². The van der Waals surface area contributed by atoms with Gasteiger partial charge in [0.15, 0.2) is 0 Å². The van der Waals surface area contributed by atoms with Gasteiger partial charge in [-0.2, -0.15) is 0 Å². The fraction of sp³-hybridized carbons (Fsp3) is 0.429. The third-order valence-electron chi connectivity index (χ3n) is 4.01. The fourth-order valence-corrected chi connectivity index (χ4v) is 2.70. The Hall–Kier alpha value is -1.95. The van der Waals surface area contributed by atoms with Crippen LogP contribution in [-0.2, 0) is 17.8 Å². The van der Waals surface area contributed by atoms with E-state index in [9.17, 15) is 9.50 Å². The molecule has 4 nitrogen and oxygen atoms in total. The minimum atomic E-state index is -0.637. The molecule has 0 amide bonds. The molecule has 1 N–H and O–H groups in total. The lowest BCUT2D eigenvalue weighted by molar-refractivity contribution is -0.0107. The number of benzene rings is 2. The van der Waals surface area contributed by atoms with Gasteiger partial charge in [0, 0.05) is 25.2 Å². The van der Waals surface area contributed by atoms with E-state index in [1.807, 2.05) is 49.1 Å². The largest absolute Gasteiger partial charge is 0.497 e. The lowest BCUT2D eigenvalue weighted by atomic mass is 10.1. The van der Waals surface area contributed by atoms with Crippen molar-refractivity contribution in [3.63, 3.8) is 0 Å². The van der Waals surface area contributed by atoms with Crippen LogP contribution >= 0.6 is 0 Å². The Kier molecular flexibility index (Phi) is 8.04. The van der Waals surface area contributed by atoms with E-state index < -0.39 is 6.10 Å². The zero-order valence-electron chi connectivity index (χ0n) is 15.7. The monoisotopic (exact) mass is 361 g/mol. The van der Waals surface area contributed by atoms with Gasteiger partial charge in [-0.25, -0.2) is 4.39 Å². The highest BCUT2D eigenvalue weighted by Gasteiger charge is 2.15. The van der Waals surface area contributed by atoms with Crippen LogP contribution in [0.25, 0.3) is 0 Å². The molecule has 0 spiro atoms. The Bertz CT molecular complexity index is 661. The molecule has 0 saturated heterocycles. The highest BCUT2D eigenvalue weighted by Crippen LogP contribution is 2.16. The van der Waals surface area contributed by atoms with Gasteiger partial charge in [-0.1, -0.05) is 30.3 Å². The van der Waals surface area contributed by atoms with E-state index in [0.29, 0.717) is 25.2 Å². The summed E-state index contributed by atoms with van der Waals surface area (Å²) in [7, 11) is 1.63. The van der Waals surface area contributed by atoms with E-state index in [2.05, 4.69) is 0 Å². The van der Waals surface area contributed by atoms with Crippen molar-refractivity contribution in [2.24, 2.45) is 0 Å². The quantitative estimate of drug-likeness (QED) is 0.702. The predicted molar refractivity (Wildman–Crippen MR) is 101 cm³/mol. The molecule has 0 heterocycles. The van der Waals surface area contributed by atoms with Gasteiger partial charge >= 0.3 is 0 Å².